The maximum absolute atomic E-state index is 13.6. The van der Waals surface area contributed by atoms with Gasteiger partial charge in [-0.2, -0.15) is 0 Å². The van der Waals surface area contributed by atoms with Gasteiger partial charge in [-0.1, -0.05) is 62.1 Å². The van der Waals surface area contributed by atoms with E-state index in [1.165, 1.54) is 0 Å². The number of amides is 2. The highest BCUT2D eigenvalue weighted by Crippen LogP contribution is 2.51. The number of aromatic nitrogens is 4. The fraction of sp³-hybridized carbons (Fsp3) is 0.500. The van der Waals surface area contributed by atoms with Crippen molar-refractivity contribution in [2.75, 3.05) is 13.2 Å². The maximum atomic E-state index is 13.6. The lowest BCUT2D eigenvalue weighted by Gasteiger charge is -2.31. The molecule has 4 aromatic heterocycles. The molecule has 2 amide bonds. The zero-order valence-corrected chi connectivity index (χ0v) is 38.1. The predicted octanol–water partition coefficient (Wildman–Crippen LogP) is 5.00. The third-order valence-corrected chi connectivity index (χ3v) is 15.2. The van der Waals surface area contributed by atoms with Crippen molar-refractivity contribution in [2.45, 2.75) is 128 Å². The van der Waals surface area contributed by atoms with Gasteiger partial charge in [0, 0.05) is 122 Å². The van der Waals surface area contributed by atoms with E-state index in [2.05, 4.69) is 30.4 Å². The number of carbonyl (C=O) groups excluding carboxylic acids is 2. The Morgan fingerprint density at radius 2 is 1.05 bits per heavy atom. The summed E-state index contributed by atoms with van der Waals surface area (Å²) >= 11 is 0. The number of aliphatic hydroxyl groups is 2. The van der Waals surface area contributed by atoms with E-state index >= 15 is 0 Å². The number of pyridine rings is 4. The molecule has 348 valence electrons. The van der Waals surface area contributed by atoms with E-state index in [1.807, 2.05) is 108 Å². The first kappa shape index (κ1) is 45.6. The summed E-state index contributed by atoms with van der Waals surface area (Å²) in [6.07, 6.45) is 23.2. The fourth-order valence-corrected chi connectivity index (χ4v) is 12.3. The third kappa shape index (κ3) is 8.76. The van der Waals surface area contributed by atoms with Crippen LogP contribution in [0.2, 0.25) is 0 Å². The van der Waals surface area contributed by atoms with Crippen LogP contribution in [0.25, 0.3) is 12.2 Å². The number of rotatable bonds is 12. The SMILES string of the molecule is C/C=C/c1ccc2n(c1=O)C[C@@H]1[C@@H](CO)[C@H](C(=O)NC3CCCC3)N(Cc3cccnc3)[C@H]21.C/C=C\c1ccc2n(c1=O)C[C@@H]1[C@@H](CO)[C@H](C(=O)NC3CCCC3)N(Cc3cccnc3)[C@H]21. The molecule has 0 spiro atoms. The number of aliphatic hydroxyl groups excluding tert-OH is 2. The van der Waals surface area contributed by atoms with Gasteiger partial charge in [-0.15, -0.1) is 0 Å². The zero-order valence-electron chi connectivity index (χ0n) is 38.1. The Morgan fingerprint density at radius 3 is 1.39 bits per heavy atom. The number of carbonyl (C=O) groups is 2. The van der Waals surface area contributed by atoms with E-state index in [0.29, 0.717) is 37.3 Å². The molecule has 10 rings (SSSR count). The Labute approximate surface area is 386 Å². The van der Waals surface area contributed by atoms with Gasteiger partial charge in [0.05, 0.1) is 24.2 Å². The van der Waals surface area contributed by atoms with Crippen molar-refractivity contribution < 1.29 is 19.8 Å². The maximum Gasteiger partial charge on any atom is 0.258 e. The van der Waals surface area contributed by atoms with Gasteiger partial charge in [0.15, 0.2) is 0 Å². The van der Waals surface area contributed by atoms with Gasteiger partial charge >= 0.3 is 0 Å². The minimum absolute atomic E-state index is 0.000411. The first-order valence-corrected chi connectivity index (χ1v) is 24.1. The Hall–Kier alpha value is -5.54. The first-order chi connectivity index (χ1) is 32.2. The van der Waals surface area contributed by atoms with Gasteiger partial charge in [-0.05, 0) is 87.1 Å². The first-order valence-electron chi connectivity index (χ1n) is 24.1. The van der Waals surface area contributed by atoms with Crippen LogP contribution in [0.1, 0.15) is 111 Å². The molecule has 4 N–H and O–H groups in total. The van der Waals surface area contributed by atoms with E-state index in [4.69, 9.17) is 0 Å². The minimum atomic E-state index is -0.440. The van der Waals surface area contributed by atoms with Crippen molar-refractivity contribution in [3.63, 3.8) is 0 Å². The van der Waals surface area contributed by atoms with Crippen LogP contribution in [0.3, 0.4) is 0 Å². The molecule has 0 unspecified atom stereocenters. The van der Waals surface area contributed by atoms with Crippen molar-refractivity contribution in [1.29, 1.82) is 0 Å². The van der Waals surface area contributed by atoms with E-state index < -0.39 is 12.1 Å². The Bertz CT molecular complexity index is 2360. The highest BCUT2D eigenvalue weighted by atomic mass is 16.3. The molecule has 14 nitrogen and oxygen atoms in total. The summed E-state index contributed by atoms with van der Waals surface area (Å²) < 4.78 is 3.68. The van der Waals surface area contributed by atoms with Crippen LogP contribution in [0.15, 0.2) is 95.1 Å². The molecule has 0 radical (unpaired) electrons. The lowest BCUT2D eigenvalue weighted by molar-refractivity contribution is -0.129. The third-order valence-electron chi connectivity index (χ3n) is 15.2. The largest absolute Gasteiger partial charge is 0.396 e. The summed E-state index contributed by atoms with van der Waals surface area (Å²) in [5.41, 5.74) is 5.19. The van der Waals surface area contributed by atoms with Crippen LogP contribution in [-0.4, -0.2) is 88.3 Å². The molecule has 4 aromatic rings. The van der Waals surface area contributed by atoms with Crippen molar-refractivity contribution in [3.05, 3.63) is 140 Å². The average molecular weight is 897 g/mol. The van der Waals surface area contributed by atoms with E-state index in [1.54, 1.807) is 12.4 Å². The number of nitrogens with zero attached hydrogens (tertiary/aromatic N) is 6. The highest BCUT2D eigenvalue weighted by Gasteiger charge is 2.57. The summed E-state index contributed by atoms with van der Waals surface area (Å²) in [5, 5.41) is 27.4. The van der Waals surface area contributed by atoms with Crippen LogP contribution in [0, 0.1) is 23.7 Å². The van der Waals surface area contributed by atoms with Crippen LogP contribution in [-0.2, 0) is 35.8 Å². The Balaban J connectivity index is 0.000000166. The van der Waals surface area contributed by atoms with Crippen molar-refractivity contribution >= 4 is 24.0 Å². The van der Waals surface area contributed by atoms with Crippen LogP contribution < -0.4 is 21.8 Å². The smallest absolute Gasteiger partial charge is 0.258 e. The van der Waals surface area contributed by atoms with Crippen LogP contribution in [0.4, 0.5) is 0 Å². The van der Waals surface area contributed by atoms with Crippen molar-refractivity contribution in [1.82, 2.24) is 39.5 Å². The number of likely N-dealkylation sites (tertiary alicyclic amines) is 2. The molecule has 6 aliphatic rings. The number of nitrogens with one attached hydrogen (secondary N) is 2. The Kier molecular flexibility index (Phi) is 13.9. The van der Waals surface area contributed by atoms with E-state index in [-0.39, 0.29) is 84.0 Å². The number of allylic oxidation sites excluding steroid dienone is 2. The second-order valence-corrected chi connectivity index (χ2v) is 19.1. The summed E-state index contributed by atoms with van der Waals surface area (Å²) in [4.78, 5) is 66.3. The molecular weight excluding hydrogens is 833 g/mol. The van der Waals surface area contributed by atoms with Crippen molar-refractivity contribution in [3.8, 4) is 0 Å². The monoisotopic (exact) mass is 896 g/mol. The summed E-state index contributed by atoms with van der Waals surface area (Å²) in [7, 11) is 0. The molecule has 0 aromatic carbocycles. The van der Waals surface area contributed by atoms with Gasteiger partial charge < -0.3 is 30.0 Å². The topological polar surface area (TPSA) is 175 Å². The number of fused-ring (bicyclic) bond motifs is 6. The molecule has 66 heavy (non-hydrogen) atoms. The molecule has 8 atom stereocenters. The second kappa shape index (κ2) is 20.1. The Morgan fingerprint density at radius 1 is 0.636 bits per heavy atom. The number of hydrogen-bond acceptors (Lipinski definition) is 10. The fourth-order valence-electron chi connectivity index (χ4n) is 12.3. The lowest BCUT2D eigenvalue weighted by atomic mass is 9.88. The van der Waals surface area contributed by atoms with E-state index in [0.717, 1.165) is 73.9 Å². The molecule has 14 heteroatoms. The van der Waals surface area contributed by atoms with Gasteiger partial charge in [0.1, 0.15) is 0 Å². The molecule has 2 saturated carbocycles. The minimum Gasteiger partial charge on any atom is -0.396 e. The highest BCUT2D eigenvalue weighted by molar-refractivity contribution is 5.84. The van der Waals surface area contributed by atoms with Gasteiger partial charge in [-0.3, -0.25) is 38.9 Å². The standard InChI is InChI=1S/2C26H32N4O3/c2*1-2-6-18-10-11-22-23-20(15-29(22)26(18)33)21(16-31)24(25(32)28-19-8-3-4-9-19)30(23)14-17-7-5-12-27-13-17/h2*2,5-7,10-13,19-21,23-24,31H,3-4,8-9,14-16H2,1H3,(H,28,32)/b6-2+;6-2-/t2*20-,21-,23+,24-/m11/s1. The predicted molar refractivity (Wildman–Crippen MR) is 252 cm³/mol. The molecule has 2 saturated heterocycles. The zero-order chi connectivity index (χ0) is 45.9. The molecule has 8 heterocycles. The number of hydrogen-bond donors (Lipinski definition) is 4. The van der Waals surface area contributed by atoms with E-state index in [9.17, 15) is 29.4 Å². The average Bonchev–Trinajstić information content (AvgIpc) is 4.20. The lowest BCUT2D eigenvalue weighted by Crippen LogP contribution is -2.50. The van der Waals surface area contributed by atoms with Gasteiger partial charge in [0.25, 0.3) is 11.1 Å². The van der Waals surface area contributed by atoms with Gasteiger partial charge in [0.2, 0.25) is 11.8 Å². The summed E-state index contributed by atoms with van der Waals surface area (Å²) in [5.74, 6) is -0.480. The van der Waals surface area contributed by atoms with Gasteiger partial charge in [-0.25, -0.2) is 0 Å². The summed E-state index contributed by atoms with van der Waals surface area (Å²) in [6.45, 7) is 5.75. The molecule has 4 aliphatic heterocycles. The normalized spacial score (nSPS) is 27.2. The molecule has 4 fully saturated rings. The summed E-state index contributed by atoms with van der Waals surface area (Å²) in [6, 6.07) is 15.0. The van der Waals surface area contributed by atoms with Crippen LogP contribution in [0.5, 0.6) is 0 Å². The van der Waals surface area contributed by atoms with Crippen molar-refractivity contribution in [2.24, 2.45) is 23.7 Å². The quantitative estimate of drug-likeness (QED) is 0.152. The second-order valence-electron chi connectivity index (χ2n) is 19.1. The molecular formula is C52H64N8O6. The molecule has 0 bridgehead atoms. The van der Waals surface area contributed by atoms with Crippen LogP contribution >= 0.6 is 0 Å². The molecule has 2 aliphatic carbocycles.